The molecule has 12 rings (SSSR count). The molecular weight excluding hydrogens is 751 g/mol. The van der Waals surface area contributed by atoms with Crippen LogP contribution in [0.25, 0.3) is 77.6 Å². The highest BCUT2D eigenvalue weighted by Crippen LogP contribution is 2.54. The van der Waals surface area contributed by atoms with E-state index in [9.17, 15) is 0 Å². The second kappa shape index (κ2) is 13.5. The third-order valence-corrected chi connectivity index (χ3v) is 13.9. The quantitative estimate of drug-likeness (QED) is 0.167. The summed E-state index contributed by atoms with van der Waals surface area (Å²) in [6.45, 7) is 9.44. The Morgan fingerprint density at radius 1 is 0.355 bits per heavy atom. The molecule has 0 saturated heterocycles. The smallest absolute Gasteiger partial charge is 0.136 e. The number of hydrogen-bond acceptors (Lipinski definition) is 2. The Labute approximate surface area is 363 Å². The normalized spacial score (nSPS) is 14.1. The Morgan fingerprint density at radius 3 is 1.71 bits per heavy atom. The van der Waals surface area contributed by atoms with E-state index < -0.39 is 0 Å². The molecule has 1 aromatic heterocycles. The summed E-state index contributed by atoms with van der Waals surface area (Å²) in [6, 6.07) is 73.6. The van der Waals surface area contributed by atoms with Gasteiger partial charge >= 0.3 is 0 Å². The summed E-state index contributed by atoms with van der Waals surface area (Å²) in [5, 5.41) is 2.26. The van der Waals surface area contributed by atoms with E-state index in [4.69, 9.17) is 4.42 Å². The fourth-order valence-electron chi connectivity index (χ4n) is 10.8. The number of anilines is 3. The van der Waals surface area contributed by atoms with Crippen molar-refractivity contribution in [3.63, 3.8) is 0 Å². The molecule has 0 fully saturated rings. The first kappa shape index (κ1) is 36.4. The number of hydrogen-bond donors (Lipinski definition) is 0. The van der Waals surface area contributed by atoms with Gasteiger partial charge in [-0.25, -0.2) is 0 Å². The fraction of sp³-hybridized carbons (Fsp3) is 0.100. The SMILES string of the molecule is CC1(C)c2ccccc2-c2ccc(-c3cccc(N(c4cccc(-c5cccc6oc7ccccc7c56)c4)c4ccccc4-c4cccc5c4-c4ccccc4C5(C)C)c3)cc21. The van der Waals surface area contributed by atoms with E-state index in [2.05, 4.69) is 227 Å². The molecule has 0 atom stereocenters. The van der Waals surface area contributed by atoms with Crippen LogP contribution in [0.5, 0.6) is 0 Å². The molecule has 0 amide bonds. The van der Waals surface area contributed by atoms with E-state index in [1.807, 2.05) is 6.07 Å². The van der Waals surface area contributed by atoms with E-state index in [1.54, 1.807) is 0 Å². The molecule has 62 heavy (non-hydrogen) atoms. The predicted octanol–water partition coefficient (Wildman–Crippen LogP) is 16.7. The van der Waals surface area contributed by atoms with Crippen LogP contribution in [0.3, 0.4) is 0 Å². The Kier molecular flexibility index (Phi) is 7.96. The summed E-state index contributed by atoms with van der Waals surface area (Å²) in [6.07, 6.45) is 0. The highest BCUT2D eigenvalue weighted by Gasteiger charge is 2.38. The van der Waals surface area contributed by atoms with Crippen LogP contribution in [0, 0.1) is 0 Å². The van der Waals surface area contributed by atoms with E-state index in [-0.39, 0.29) is 10.8 Å². The number of benzene rings is 9. The molecule has 0 saturated carbocycles. The van der Waals surface area contributed by atoms with Gasteiger partial charge in [0.15, 0.2) is 0 Å². The Balaban J connectivity index is 1.07. The minimum absolute atomic E-state index is 0.0861. The zero-order valence-electron chi connectivity index (χ0n) is 35.4. The van der Waals surface area contributed by atoms with Gasteiger partial charge in [0.2, 0.25) is 0 Å². The number of fused-ring (bicyclic) bond motifs is 9. The van der Waals surface area contributed by atoms with Crippen molar-refractivity contribution in [2.24, 2.45) is 0 Å². The van der Waals surface area contributed by atoms with Gasteiger partial charge in [-0.1, -0.05) is 179 Å². The predicted molar refractivity (Wildman–Crippen MR) is 260 cm³/mol. The lowest BCUT2D eigenvalue weighted by Crippen LogP contribution is -2.15. The molecule has 0 radical (unpaired) electrons. The maximum absolute atomic E-state index is 6.38. The third-order valence-electron chi connectivity index (χ3n) is 13.9. The van der Waals surface area contributed by atoms with Crippen LogP contribution < -0.4 is 4.90 Å². The summed E-state index contributed by atoms with van der Waals surface area (Å²) in [7, 11) is 0. The molecule has 10 aromatic rings. The fourth-order valence-corrected chi connectivity index (χ4v) is 10.8. The van der Waals surface area contributed by atoms with Gasteiger partial charge in [0.1, 0.15) is 11.2 Å². The van der Waals surface area contributed by atoms with Gasteiger partial charge in [-0.3, -0.25) is 0 Å². The zero-order chi connectivity index (χ0) is 41.7. The Hall–Kier alpha value is -7.42. The van der Waals surface area contributed by atoms with Gasteiger partial charge in [0.25, 0.3) is 0 Å². The number of rotatable bonds is 6. The van der Waals surface area contributed by atoms with Crippen molar-refractivity contribution in [2.75, 3.05) is 4.90 Å². The maximum atomic E-state index is 6.38. The van der Waals surface area contributed by atoms with Crippen molar-refractivity contribution in [1.29, 1.82) is 0 Å². The van der Waals surface area contributed by atoms with E-state index in [0.717, 1.165) is 50.1 Å². The summed E-state index contributed by atoms with van der Waals surface area (Å²) in [4.78, 5) is 2.47. The maximum Gasteiger partial charge on any atom is 0.136 e. The average molecular weight is 796 g/mol. The van der Waals surface area contributed by atoms with Crippen molar-refractivity contribution < 1.29 is 4.42 Å². The molecule has 2 aliphatic rings. The van der Waals surface area contributed by atoms with Crippen molar-refractivity contribution in [3.8, 4) is 55.6 Å². The molecule has 2 nitrogen and oxygen atoms in total. The van der Waals surface area contributed by atoms with E-state index in [1.165, 1.54) is 66.8 Å². The summed E-state index contributed by atoms with van der Waals surface area (Å²) in [5.74, 6) is 0. The molecule has 2 heteroatoms. The zero-order valence-corrected chi connectivity index (χ0v) is 35.4. The molecule has 0 unspecified atom stereocenters. The second-order valence-corrected chi connectivity index (χ2v) is 18.1. The van der Waals surface area contributed by atoms with Crippen molar-refractivity contribution in [1.82, 2.24) is 0 Å². The highest BCUT2D eigenvalue weighted by molar-refractivity contribution is 6.12. The highest BCUT2D eigenvalue weighted by atomic mass is 16.3. The van der Waals surface area contributed by atoms with Gasteiger partial charge in [0.05, 0.1) is 5.69 Å². The molecule has 0 aliphatic heterocycles. The molecule has 2 aliphatic carbocycles. The van der Waals surface area contributed by atoms with Crippen LogP contribution in [0.15, 0.2) is 205 Å². The van der Waals surface area contributed by atoms with Gasteiger partial charge in [-0.2, -0.15) is 0 Å². The number of furan rings is 1. The third kappa shape index (κ3) is 5.36. The van der Waals surface area contributed by atoms with Crippen LogP contribution in [-0.2, 0) is 10.8 Å². The molecule has 9 aromatic carbocycles. The number of nitrogens with zero attached hydrogens (tertiary/aromatic N) is 1. The first-order chi connectivity index (χ1) is 30.3. The molecule has 1 heterocycles. The molecular formula is C60H45NO. The monoisotopic (exact) mass is 795 g/mol. The number of para-hydroxylation sites is 2. The molecule has 0 bridgehead atoms. The Morgan fingerprint density at radius 2 is 0.887 bits per heavy atom. The van der Waals surface area contributed by atoms with Gasteiger partial charge in [-0.15, -0.1) is 0 Å². The van der Waals surface area contributed by atoms with Gasteiger partial charge in [-0.05, 0) is 121 Å². The average Bonchev–Trinajstić information content (AvgIpc) is 3.89. The van der Waals surface area contributed by atoms with Crippen LogP contribution in [-0.4, -0.2) is 0 Å². The van der Waals surface area contributed by atoms with Crippen LogP contribution >= 0.6 is 0 Å². The lowest BCUT2D eigenvalue weighted by atomic mass is 9.81. The Bertz CT molecular complexity index is 3430. The van der Waals surface area contributed by atoms with Crippen molar-refractivity contribution in [3.05, 3.63) is 222 Å². The van der Waals surface area contributed by atoms with Crippen LogP contribution in [0.2, 0.25) is 0 Å². The van der Waals surface area contributed by atoms with Crippen molar-refractivity contribution in [2.45, 2.75) is 38.5 Å². The standard InChI is InChI=1S/C60H45NO/c1-59(2)51-28-10-6-23-48(51)57-47(26-15-29-52(57)59)46-22-7-11-30-54(46)61(42-20-14-18-40(36-42)43-25-16-32-56-58(43)49-24-8-12-31-55(49)62-56)41-19-13-17-38(35-41)39-33-34-45-44-21-5-9-27-50(44)60(3,4)53(45)37-39/h5-37H,1-4H3. The van der Waals surface area contributed by atoms with E-state index in [0.29, 0.717) is 0 Å². The molecule has 0 N–H and O–H groups in total. The first-order valence-electron chi connectivity index (χ1n) is 21.8. The van der Waals surface area contributed by atoms with Crippen LogP contribution in [0.1, 0.15) is 49.9 Å². The summed E-state index contributed by atoms with van der Waals surface area (Å²) < 4.78 is 6.38. The lowest BCUT2D eigenvalue weighted by molar-refractivity contribution is 0.660. The topological polar surface area (TPSA) is 16.4 Å². The largest absolute Gasteiger partial charge is 0.456 e. The summed E-state index contributed by atoms with van der Waals surface area (Å²) in [5.41, 5.74) is 22.8. The molecule has 296 valence electrons. The van der Waals surface area contributed by atoms with Gasteiger partial charge in [0, 0.05) is 38.5 Å². The minimum Gasteiger partial charge on any atom is -0.456 e. The summed E-state index contributed by atoms with van der Waals surface area (Å²) >= 11 is 0. The second-order valence-electron chi connectivity index (χ2n) is 18.1. The first-order valence-corrected chi connectivity index (χ1v) is 21.8. The minimum atomic E-state index is -0.108. The van der Waals surface area contributed by atoms with Crippen molar-refractivity contribution >= 4 is 39.0 Å². The molecule has 0 spiro atoms. The van der Waals surface area contributed by atoms with Crippen LogP contribution in [0.4, 0.5) is 17.1 Å². The van der Waals surface area contributed by atoms with Gasteiger partial charge < -0.3 is 9.32 Å². The van der Waals surface area contributed by atoms with E-state index >= 15 is 0 Å². The lowest BCUT2D eigenvalue weighted by Gasteiger charge is -2.29.